The van der Waals surface area contributed by atoms with Gasteiger partial charge in [-0.25, -0.2) is 17.8 Å². The molecule has 4 rings (SSSR count). The zero-order valence-electron chi connectivity index (χ0n) is 13.1. The summed E-state index contributed by atoms with van der Waals surface area (Å²) in [5, 5.41) is 17.2. The molecule has 0 saturated heterocycles. The Labute approximate surface area is 140 Å². The van der Waals surface area contributed by atoms with Crippen molar-refractivity contribution in [2.75, 3.05) is 6.61 Å². The van der Waals surface area contributed by atoms with E-state index in [2.05, 4.69) is 15.0 Å². The first-order valence-electron chi connectivity index (χ1n) is 8.21. The largest absolute Gasteiger partial charge is 0.396 e. The van der Waals surface area contributed by atoms with Crippen LogP contribution in [-0.4, -0.2) is 41.2 Å². The van der Waals surface area contributed by atoms with Gasteiger partial charge in [0, 0.05) is 18.6 Å². The van der Waals surface area contributed by atoms with Gasteiger partial charge in [0.1, 0.15) is 0 Å². The van der Waals surface area contributed by atoms with Gasteiger partial charge in [-0.2, -0.15) is 0 Å². The fraction of sp³-hybridized carbons (Fsp3) is 0.500. The van der Waals surface area contributed by atoms with Crippen LogP contribution in [0.4, 0.5) is 0 Å². The molecule has 8 heteroatoms. The Morgan fingerprint density at radius 2 is 1.96 bits per heavy atom. The van der Waals surface area contributed by atoms with Crippen LogP contribution in [0.25, 0.3) is 5.69 Å². The molecule has 1 aromatic carbocycles. The van der Waals surface area contributed by atoms with Gasteiger partial charge in [-0.1, -0.05) is 29.8 Å². The Bertz CT molecular complexity index is 821. The number of hydrogen-bond donors (Lipinski definition) is 2. The lowest BCUT2D eigenvalue weighted by molar-refractivity contribution is 0.00847. The van der Waals surface area contributed by atoms with Gasteiger partial charge in [-0.05, 0) is 36.8 Å². The normalized spacial score (nSPS) is 29.2. The van der Waals surface area contributed by atoms with Crippen LogP contribution in [0, 0.1) is 17.8 Å². The molecule has 2 aliphatic rings. The summed E-state index contributed by atoms with van der Waals surface area (Å²) in [7, 11) is -3.74. The van der Waals surface area contributed by atoms with Crippen molar-refractivity contribution >= 4 is 10.0 Å². The maximum absolute atomic E-state index is 12.6. The lowest BCUT2D eigenvalue weighted by Gasteiger charge is -2.48. The number of aliphatic hydroxyl groups excluding tert-OH is 1. The molecule has 2 aliphatic carbocycles. The van der Waals surface area contributed by atoms with E-state index in [9.17, 15) is 13.5 Å². The molecular formula is C16H20N4O3S. The summed E-state index contributed by atoms with van der Waals surface area (Å²) in [5.74, 6) is 0.792. The van der Waals surface area contributed by atoms with E-state index in [1.807, 2.05) is 30.3 Å². The van der Waals surface area contributed by atoms with Crippen LogP contribution in [0.1, 0.15) is 19.3 Å². The summed E-state index contributed by atoms with van der Waals surface area (Å²) in [4.78, 5) is 0. The quantitative estimate of drug-likeness (QED) is 0.839. The highest BCUT2D eigenvalue weighted by atomic mass is 32.2. The Kier molecular flexibility index (Phi) is 3.90. The van der Waals surface area contributed by atoms with Gasteiger partial charge in [-0.3, -0.25) is 0 Å². The third kappa shape index (κ3) is 2.54. The summed E-state index contributed by atoms with van der Waals surface area (Å²) in [6, 6.07) is 9.04. The second-order valence-electron chi connectivity index (χ2n) is 6.59. The first-order valence-corrected chi connectivity index (χ1v) is 9.69. The summed E-state index contributed by atoms with van der Waals surface area (Å²) in [6.45, 7) is 0.0189. The van der Waals surface area contributed by atoms with Gasteiger partial charge in [0.05, 0.1) is 11.9 Å². The number of para-hydroxylation sites is 1. The highest BCUT2D eigenvalue weighted by Gasteiger charge is 2.53. The molecular weight excluding hydrogens is 328 g/mol. The number of fused-ring (bicyclic) bond motifs is 1. The fourth-order valence-corrected chi connectivity index (χ4v) is 5.39. The number of nitrogens with zero attached hydrogens (tertiary/aromatic N) is 3. The first kappa shape index (κ1) is 15.7. The van der Waals surface area contributed by atoms with E-state index in [1.165, 1.54) is 10.9 Å². The van der Waals surface area contributed by atoms with Crippen molar-refractivity contribution < 1.29 is 13.5 Å². The number of hydrogen-bond acceptors (Lipinski definition) is 5. The van der Waals surface area contributed by atoms with E-state index in [1.54, 1.807) is 0 Å². The van der Waals surface area contributed by atoms with Crippen LogP contribution in [0.5, 0.6) is 0 Å². The second kappa shape index (κ2) is 5.94. The SMILES string of the molecule is O=S(=O)(N[C@H]1[C@@H]2CCC[C@@H]2[C@@H]1CO)c1cn(-c2ccccc2)nn1. The van der Waals surface area contributed by atoms with Crippen molar-refractivity contribution in [3.8, 4) is 5.69 Å². The summed E-state index contributed by atoms with van der Waals surface area (Å²) < 4.78 is 29.4. The van der Waals surface area contributed by atoms with Gasteiger partial charge < -0.3 is 5.11 Å². The van der Waals surface area contributed by atoms with Crippen molar-refractivity contribution in [2.45, 2.75) is 30.3 Å². The van der Waals surface area contributed by atoms with Crippen LogP contribution < -0.4 is 4.72 Å². The third-order valence-corrected chi connectivity index (χ3v) is 6.69. The Balaban J connectivity index is 1.54. The topological polar surface area (TPSA) is 97.1 Å². The highest BCUT2D eigenvalue weighted by Crippen LogP contribution is 2.51. The molecule has 0 spiro atoms. The molecule has 1 aromatic heterocycles. The lowest BCUT2D eigenvalue weighted by atomic mass is 9.63. The standard InChI is InChI=1S/C16H20N4O3S/c21-10-14-12-7-4-8-13(12)16(14)18-24(22,23)15-9-20(19-17-15)11-5-2-1-3-6-11/h1-3,5-6,9,12-14,16,18,21H,4,7-8,10H2/t12-,13+,14-,16-/m0/s1. The molecule has 2 saturated carbocycles. The van der Waals surface area contributed by atoms with Crippen molar-refractivity contribution in [2.24, 2.45) is 17.8 Å². The molecule has 128 valence electrons. The molecule has 2 aromatic rings. The molecule has 2 fully saturated rings. The molecule has 0 bridgehead atoms. The maximum atomic E-state index is 12.6. The molecule has 0 amide bonds. The number of benzene rings is 1. The zero-order valence-corrected chi connectivity index (χ0v) is 13.9. The average Bonchev–Trinajstić information content (AvgIpc) is 3.22. The van der Waals surface area contributed by atoms with E-state index in [0.29, 0.717) is 11.8 Å². The van der Waals surface area contributed by atoms with Crippen LogP contribution in [0.3, 0.4) is 0 Å². The number of rotatable bonds is 5. The lowest BCUT2D eigenvalue weighted by Crippen LogP contribution is -2.59. The molecule has 2 N–H and O–H groups in total. The van der Waals surface area contributed by atoms with Crippen molar-refractivity contribution in [3.05, 3.63) is 36.5 Å². The van der Waals surface area contributed by atoms with Crippen LogP contribution in [0.15, 0.2) is 41.6 Å². The van der Waals surface area contributed by atoms with Crippen molar-refractivity contribution in [1.82, 2.24) is 19.7 Å². The van der Waals surface area contributed by atoms with Crippen LogP contribution in [-0.2, 0) is 10.0 Å². The number of aromatic nitrogens is 3. The van der Waals surface area contributed by atoms with Gasteiger partial charge in [-0.15, -0.1) is 5.10 Å². The third-order valence-electron chi connectivity index (χ3n) is 5.37. The van der Waals surface area contributed by atoms with E-state index in [-0.39, 0.29) is 23.6 Å². The minimum atomic E-state index is -3.74. The van der Waals surface area contributed by atoms with E-state index in [4.69, 9.17) is 0 Å². The predicted octanol–water partition coefficient (Wildman–Crippen LogP) is 0.953. The minimum absolute atomic E-state index is 0.0106. The number of aliphatic hydroxyl groups is 1. The molecule has 0 aliphatic heterocycles. The molecule has 0 unspecified atom stereocenters. The van der Waals surface area contributed by atoms with Crippen molar-refractivity contribution in [1.29, 1.82) is 0 Å². The maximum Gasteiger partial charge on any atom is 0.261 e. The molecule has 4 atom stereocenters. The van der Waals surface area contributed by atoms with Gasteiger partial charge >= 0.3 is 0 Å². The zero-order chi connectivity index (χ0) is 16.7. The highest BCUT2D eigenvalue weighted by molar-refractivity contribution is 7.89. The first-order chi connectivity index (χ1) is 11.6. The molecule has 0 radical (unpaired) electrons. The summed E-state index contributed by atoms with van der Waals surface area (Å²) >= 11 is 0. The van der Waals surface area contributed by atoms with Crippen molar-refractivity contribution in [3.63, 3.8) is 0 Å². The van der Waals surface area contributed by atoms with Gasteiger partial charge in [0.15, 0.2) is 0 Å². The molecule has 24 heavy (non-hydrogen) atoms. The van der Waals surface area contributed by atoms with E-state index >= 15 is 0 Å². The van der Waals surface area contributed by atoms with Crippen LogP contribution >= 0.6 is 0 Å². The predicted molar refractivity (Wildman–Crippen MR) is 86.9 cm³/mol. The summed E-state index contributed by atoms with van der Waals surface area (Å²) in [5.41, 5.74) is 0.749. The summed E-state index contributed by atoms with van der Waals surface area (Å²) in [6.07, 6.45) is 4.62. The van der Waals surface area contributed by atoms with Gasteiger partial charge in [0.25, 0.3) is 10.0 Å². The van der Waals surface area contributed by atoms with E-state index < -0.39 is 10.0 Å². The number of sulfonamides is 1. The minimum Gasteiger partial charge on any atom is -0.396 e. The second-order valence-corrected chi connectivity index (χ2v) is 8.25. The Morgan fingerprint density at radius 3 is 2.71 bits per heavy atom. The Morgan fingerprint density at radius 1 is 1.21 bits per heavy atom. The van der Waals surface area contributed by atoms with Crippen LogP contribution in [0.2, 0.25) is 0 Å². The fourth-order valence-electron chi connectivity index (χ4n) is 4.18. The van der Waals surface area contributed by atoms with E-state index in [0.717, 1.165) is 24.9 Å². The molecule has 7 nitrogen and oxygen atoms in total. The average molecular weight is 348 g/mol. The monoisotopic (exact) mass is 348 g/mol. The van der Waals surface area contributed by atoms with Gasteiger partial charge in [0.2, 0.25) is 5.03 Å². The smallest absolute Gasteiger partial charge is 0.261 e. The molecule has 1 heterocycles. The Hall–Kier alpha value is -1.77. The number of nitrogens with one attached hydrogen (secondary N) is 1.